The molecule has 7 heteroatoms. The van der Waals surface area contributed by atoms with Gasteiger partial charge in [-0.3, -0.25) is 0 Å². The van der Waals surface area contributed by atoms with Gasteiger partial charge in [0.05, 0.1) is 5.69 Å². The van der Waals surface area contributed by atoms with Gasteiger partial charge in [0.15, 0.2) is 0 Å². The molecule has 120 valence electrons. The van der Waals surface area contributed by atoms with Crippen LogP contribution < -0.4 is 4.72 Å². The van der Waals surface area contributed by atoms with Gasteiger partial charge in [-0.25, -0.2) is 9.40 Å². The SMILES string of the molecule is CCN(CC)S(=O)(=O)NCCc1ccc(-n2cccn2)cc1. The van der Waals surface area contributed by atoms with Crippen LogP contribution in [0.4, 0.5) is 0 Å². The van der Waals surface area contributed by atoms with E-state index in [1.54, 1.807) is 10.9 Å². The van der Waals surface area contributed by atoms with E-state index in [0.717, 1.165) is 11.3 Å². The Morgan fingerprint density at radius 2 is 1.86 bits per heavy atom. The van der Waals surface area contributed by atoms with Crippen LogP contribution in [0.1, 0.15) is 19.4 Å². The molecule has 0 radical (unpaired) electrons. The number of benzene rings is 1. The van der Waals surface area contributed by atoms with E-state index < -0.39 is 10.2 Å². The molecule has 0 bridgehead atoms. The predicted molar refractivity (Wildman–Crippen MR) is 87.1 cm³/mol. The van der Waals surface area contributed by atoms with Crippen LogP contribution in [0.15, 0.2) is 42.7 Å². The summed E-state index contributed by atoms with van der Waals surface area (Å²) in [7, 11) is -3.37. The van der Waals surface area contributed by atoms with E-state index in [1.165, 1.54) is 4.31 Å². The Bertz CT molecular complexity index is 662. The van der Waals surface area contributed by atoms with Crippen LogP contribution in [0.2, 0.25) is 0 Å². The maximum absolute atomic E-state index is 12.0. The minimum atomic E-state index is -3.37. The van der Waals surface area contributed by atoms with E-state index in [9.17, 15) is 8.42 Å². The molecule has 0 spiro atoms. The van der Waals surface area contributed by atoms with E-state index >= 15 is 0 Å². The smallest absolute Gasteiger partial charge is 0.241 e. The molecule has 0 atom stereocenters. The lowest BCUT2D eigenvalue weighted by molar-refractivity contribution is 0.435. The van der Waals surface area contributed by atoms with Crippen molar-refractivity contribution >= 4 is 10.2 Å². The van der Waals surface area contributed by atoms with E-state index in [0.29, 0.717) is 26.1 Å². The van der Waals surface area contributed by atoms with Crippen LogP contribution >= 0.6 is 0 Å². The van der Waals surface area contributed by atoms with Gasteiger partial charge < -0.3 is 0 Å². The van der Waals surface area contributed by atoms with Crippen molar-refractivity contribution in [3.63, 3.8) is 0 Å². The average molecular weight is 322 g/mol. The van der Waals surface area contributed by atoms with E-state index in [2.05, 4.69) is 9.82 Å². The lowest BCUT2D eigenvalue weighted by atomic mass is 10.1. The van der Waals surface area contributed by atoms with E-state index in [1.807, 2.05) is 50.4 Å². The quantitative estimate of drug-likeness (QED) is 0.802. The lowest BCUT2D eigenvalue weighted by Crippen LogP contribution is -2.41. The Morgan fingerprint density at radius 1 is 1.18 bits per heavy atom. The van der Waals surface area contributed by atoms with Crippen LogP contribution in [0.3, 0.4) is 0 Å². The Hall–Kier alpha value is -1.70. The lowest BCUT2D eigenvalue weighted by Gasteiger charge is -2.18. The molecule has 0 aliphatic rings. The molecule has 2 rings (SSSR count). The van der Waals surface area contributed by atoms with Gasteiger partial charge in [0, 0.05) is 32.0 Å². The normalized spacial score (nSPS) is 12.0. The van der Waals surface area contributed by atoms with Crippen molar-refractivity contribution in [2.24, 2.45) is 0 Å². The molecule has 22 heavy (non-hydrogen) atoms. The molecule has 0 aliphatic carbocycles. The topological polar surface area (TPSA) is 67.2 Å². The summed E-state index contributed by atoms with van der Waals surface area (Å²) in [5.74, 6) is 0. The first-order chi connectivity index (χ1) is 10.6. The molecular weight excluding hydrogens is 300 g/mol. The molecule has 0 fully saturated rings. The zero-order valence-electron chi connectivity index (χ0n) is 12.9. The Morgan fingerprint density at radius 3 is 2.41 bits per heavy atom. The van der Waals surface area contributed by atoms with Crippen LogP contribution in [0, 0.1) is 0 Å². The third-order valence-corrected chi connectivity index (χ3v) is 5.21. The van der Waals surface area contributed by atoms with Crippen molar-refractivity contribution in [3.05, 3.63) is 48.3 Å². The van der Waals surface area contributed by atoms with Crippen molar-refractivity contribution < 1.29 is 8.42 Å². The zero-order valence-corrected chi connectivity index (χ0v) is 13.8. The fraction of sp³-hybridized carbons (Fsp3) is 0.400. The third-order valence-electron chi connectivity index (χ3n) is 3.45. The first-order valence-electron chi connectivity index (χ1n) is 7.40. The van der Waals surface area contributed by atoms with Crippen molar-refractivity contribution in [3.8, 4) is 5.69 Å². The van der Waals surface area contributed by atoms with Crippen molar-refractivity contribution in [1.29, 1.82) is 0 Å². The Kier molecular flexibility index (Phi) is 5.70. The second-order valence-electron chi connectivity index (χ2n) is 4.85. The maximum atomic E-state index is 12.0. The monoisotopic (exact) mass is 322 g/mol. The standard InChI is InChI=1S/C15H22N4O2S/c1-3-18(4-2)22(20,21)17-12-10-14-6-8-15(9-7-14)19-13-5-11-16-19/h5-9,11,13,17H,3-4,10,12H2,1-2H3. The predicted octanol–water partition coefficient (Wildman–Crippen LogP) is 1.59. The summed E-state index contributed by atoms with van der Waals surface area (Å²) in [4.78, 5) is 0. The van der Waals surface area contributed by atoms with Crippen LogP contribution in [0.5, 0.6) is 0 Å². The van der Waals surface area contributed by atoms with Gasteiger partial charge >= 0.3 is 0 Å². The number of hydrogen-bond donors (Lipinski definition) is 1. The summed E-state index contributed by atoms with van der Waals surface area (Å²) in [5, 5.41) is 4.17. The average Bonchev–Trinajstić information content (AvgIpc) is 3.03. The number of nitrogens with one attached hydrogen (secondary N) is 1. The highest BCUT2D eigenvalue weighted by molar-refractivity contribution is 7.87. The van der Waals surface area contributed by atoms with Crippen molar-refractivity contribution in [1.82, 2.24) is 18.8 Å². The molecule has 6 nitrogen and oxygen atoms in total. The highest BCUT2D eigenvalue weighted by Gasteiger charge is 2.17. The molecule has 1 heterocycles. The summed E-state index contributed by atoms with van der Waals surface area (Å²) < 4.78 is 29.8. The number of rotatable bonds is 8. The zero-order chi connectivity index (χ0) is 16.0. The summed E-state index contributed by atoms with van der Waals surface area (Å²) in [6.45, 7) is 5.00. The van der Waals surface area contributed by atoms with Gasteiger partial charge in [0.25, 0.3) is 10.2 Å². The molecule has 1 aromatic heterocycles. The molecule has 0 amide bonds. The highest BCUT2D eigenvalue weighted by Crippen LogP contribution is 2.09. The summed E-state index contributed by atoms with van der Waals surface area (Å²) >= 11 is 0. The highest BCUT2D eigenvalue weighted by atomic mass is 32.2. The van der Waals surface area contributed by atoms with Gasteiger partial charge in [-0.1, -0.05) is 26.0 Å². The summed E-state index contributed by atoms with van der Waals surface area (Å²) in [6, 6.07) is 9.80. The van der Waals surface area contributed by atoms with Crippen molar-refractivity contribution in [2.75, 3.05) is 19.6 Å². The molecule has 2 aromatic rings. The number of aromatic nitrogens is 2. The minimum Gasteiger partial charge on any atom is -0.241 e. The number of nitrogens with zero attached hydrogens (tertiary/aromatic N) is 3. The fourth-order valence-electron chi connectivity index (χ4n) is 2.22. The van der Waals surface area contributed by atoms with Gasteiger partial charge in [0.2, 0.25) is 0 Å². The summed E-state index contributed by atoms with van der Waals surface area (Å²) in [6.07, 6.45) is 4.27. The van der Waals surface area contributed by atoms with Crippen LogP contribution in [-0.2, 0) is 16.6 Å². The molecule has 1 N–H and O–H groups in total. The van der Waals surface area contributed by atoms with Gasteiger partial charge in [0.1, 0.15) is 0 Å². The largest absolute Gasteiger partial charge is 0.279 e. The first kappa shape index (κ1) is 16.7. The summed E-state index contributed by atoms with van der Waals surface area (Å²) in [5.41, 5.74) is 2.07. The molecule has 0 saturated heterocycles. The second kappa shape index (κ2) is 7.53. The van der Waals surface area contributed by atoms with Crippen molar-refractivity contribution in [2.45, 2.75) is 20.3 Å². The van der Waals surface area contributed by atoms with E-state index in [-0.39, 0.29) is 0 Å². The van der Waals surface area contributed by atoms with Crippen LogP contribution in [0.25, 0.3) is 5.69 Å². The van der Waals surface area contributed by atoms with Gasteiger partial charge in [-0.05, 0) is 30.2 Å². The molecule has 0 unspecified atom stereocenters. The number of hydrogen-bond acceptors (Lipinski definition) is 3. The molecule has 0 saturated carbocycles. The minimum absolute atomic E-state index is 0.389. The van der Waals surface area contributed by atoms with E-state index in [4.69, 9.17) is 0 Å². The molecule has 1 aromatic carbocycles. The Balaban J connectivity index is 1.90. The molecular formula is C15H22N4O2S. The maximum Gasteiger partial charge on any atom is 0.279 e. The third kappa shape index (κ3) is 4.16. The van der Waals surface area contributed by atoms with Gasteiger partial charge in [-0.15, -0.1) is 0 Å². The second-order valence-corrected chi connectivity index (χ2v) is 6.61. The fourth-order valence-corrected chi connectivity index (χ4v) is 3.44. The first-order valence-corrected chi connectivity index (χ1v) is 8.84. The Labute approximate surface area is 131 Å². The van der Waals surface area contributed by atoms with Gasteiger partial charge in [-0.2, -0.15) is 17.8 Å². The molecule has 0 aliphatic heterocycles. The van der Waals surface area contributed by atoms with Crippen LogP contribution in [-0.4, -0.2) is 42.1 Å².